The molecular formula is C34H29N2OP. The number of ether oxygens (including phenoxy) is 1. The van der Waals surface area contributed by atoms with Crippen molar-refractivity contribution in [3.63, 3.8) is 0 Å². The lowest BCUT2D eigenvalue weighted by molar-refractivity contribution is 0.100. The van der Waals surface area contributed by atoms with Crippen molar-refractivity contribution in [3.05, 3.63) is 130 Å². The highest BCUT2D eigenvalue weighted by Crippen LogP contribution is 2.38. The van der Waals surface area contributed by atoms with Gasteiger partial charge in [-0.1, -0.05) is 99.7 Å². The van der Waals surface area contributed by atoms with Gasteiger partial charge in [-0.05, 0) is 63.8 Å². The van der Waals surface area contributed by atoms with Crippen LogP contribution in [0.1, 0.15) is 37.0 Å². The van der Waals surface area contributed by atoms with Gasteiger partial charge in [0.1, 0.15) is 6.10 Å². The third-order valence-electron chi connectivity index (χ3n) is 6.98. The summed E-state index contributed by atoms with van der Waals surface area (Å²) < 4.78 is 6.65. The van der Waals surface area contributed by atoms with E-state index in [2.05, 4.69) is 73.4 Å². The Hall–Kier alpha value is -4.01. The summed E-state index contributed by atoms with van der Waals surface area (Å²) in [5.74, 6) is 2.28. The topological polar surface area (TPSA) is 56.8 Å². The van der Waals surface area contributed by atoms with E-state index >= 15 is 0 Å². The van der Waals surface area contributed by atoms with Crippen LogP contribution in [0.25, 0.3) is 21.9 Å². The Kier molecular flexibility index (Phi) is 8.11. The number of hydrogen-bond donors (Lipinski definition) is 0. The van der Waals surface area contributed by atoms with Crippen molar-refractivity contribution in [1.82, 2.24) is 0 Å². The minimum atomic E-state index is -0.262. The van der Waals surface area contributed by atoms with Crippen LogP contribution in [0.3, 0.4) is 0 Å². The lowest BCUT2D eigenvalue weighted by atomic mass is 9.91. The fraction of sp³-hybridized carbons (Fsp3) is 0.176. The van der Waals surface area contributed by atoms with E-state index in [0.29, 0.717) is 18.6 Å². The summed E-state index contributed by atoms with van der Waals surface area (Å²) in [4.78, 5) is 0. The Morgan fingerprint density at radius 1 is 0.974 bits per heavy atom. The first-order chi connectivity index (χ1) is 18.7. The van der Waals surface area contributed by atoms with Gasteiger partial charge in [-0.25, -0.2) is 0 Å². The lowest BCUT2D eigenvalue weighted by Crippen LogP contribution is -2.10. The third kappa shape index (κ3) is 5.61. The van der Waals surface area contributed by atoms with Crippen molar-refractivity contribution in [3.8, 4) is 23.3 Å². The fourth-order valence-electron chi connectivity index (χ4n) is 4.99. The van der Waals surface area contributed by atoms with E-state index in [9.17, 15) is 10.5 Å². The summed E-state index contributed by atoms with van der Waals surface area (Å²) in [6.07, 6.45) is 12.8. The zero-order chi connectivity index (χ0) is 26.3. The maximum absolute atomic E-state index is 9.98. The largest absolute Gasteiger partial charge is 0.364 e. The van der Waals surface area contributed by atoms with Crippen molar-refractivity contribution in [1.29, 1.82) is 10.5 Å². The lowest BCUT2D eigenvalue weighted by Gasteiger charge is -2.23. The van der Waals surface area contributed by atoms with Gasteiger partial charge >= 0.3 is 0 Å². The second kappa shape index (κ2) is 12.0. The van der Waals surface area contributed by atoms with Crippen molar-refractivity contribution >= 4 is 19.4 Å². The number of hydrogen-bond acceptors (Lipinski definition) is 3. The highest BCUT2D eigenvalue weighted by Gasteiger charge is 2.20. The molecule has 3 nitrogen and oxygen atoms in total. The molecule has 38 heavy (non-hydrogen) atoms. The molecule has 5 rings (SSSR count). The standard InChI is InChI=1S/C34H29N2OP/c1-2-24-17-25(20-35)12-13-26(18-24)22-37-34(30-9-6-16-38-23-30)28-14-15-29(21-36)33(19-28)32-11-5-8-27-7-3-4-10-31(27)32/h3-15,18-19,23,34,38H,2,16-17,22H2,1H3. The molecule has 1 aliphatic heterocycles. The van der Waals surface area contributed by atoms with Crippen molar-refractivity contribution in [2.45, 2.75) is 25.9 Å². The van der Waals surface area contributed by atoms with Crippen LogP contribution in [0.5, 0.6) is 0 Å². The molecule has 2 aliphatic rings. The molecule has 0 fully saturated rings. The molecule has 0 N–H and O–H groups in total. The van der Waals surface area contributed by atoms with Gasteiger partial charge in [0.2, 0.25) is 0 Å². The number of fused-ring (bicyclic) bond motifs is 1. The van der Waals surface area contributed by atoms with E-state index in [0.717, 1.165) is 65.3 Å². The first-order valence-corrected chi connectivity index (χ1v) is 14.2. The van der Waals surface area contributed by atoms with E-state index < -0.39 is 0 Å². The Morgan fingerprint density at radius 3 is 2.63 bits per heavy atom. The van der Waals surface area contributed by atoms with Crippen molar-refractivity contribution in [2.75, 3.05) is 12.8 Å². The summed E-state index contributed by atoms with van der Waals surface area (Å²) in [7, 11) is 0.723. The molecular weight excluding hydrogens is 483 g/mol. The first kappa shape index (κ1) is 25.6. The molecule has 0 amide bonds. The molecule has 0 radical (unpaired) electrons. The Labute approximate surface area is 226 Å². The van der Waals surface area contributed by atoms with E-state index in [-0.39, 0.29) is 6.10 Å². The Bertz CT molecular complexity index is 1600. The third-order valence-corrected chi connectivity index (χ3v) is 7.99. The zero-order valence-electron chi connectivity index (χ0n) is 21.4. The number of allylic oxidation sites excluding steroid dienone is 5. The highest BCUT2D eigenvalue weighted by molar-refractivity contribution is 7.42. The SMILES string of the molecule is CCC1=CC(COC(C2=CPCC=C2)c2ccc(C#N)c(-c3cccc4ccccc34)c2)=CC=C(C#N)C1. The summed E-state index contributed by atoms with van der Waals surface area (Å²) in [6.45, 7) is 2.55. The van der Waals surface area contributed by atoms with Crippen LogP contribution < -0.4 is 0 Å². The predicted octanol–water partition coefficient (Wildman–Crippen LogP) is 8.68. The number of nitrogens with zero attached hydrogens (tertiary/aromatic N) is 2. The fourth-order valence-corrected chi connectivity index (χ4v) is 5.84. The van der Waals surface area contributed by atoms with Gasteiger partial charge in [-0.2, -0.15) is 10.5 Å². The van der Waals surface area contributed by atoms with Crippen LogP contribution in [-0.2, 0) is 4.74 Å². The van der Waals surface area contributed by atoms with E-state index in [4.69, 9.17) is 4.74 Å². The summed E-state index contributed by atoms with van der Waals surface area (Å²) >= 11 is 0. The minimum Gasteiger partial charge on any atom is -0.364 e. The zero-order valence-corrected chi connectivity index (χ0v) is 22.4. The molecule has 4 heteroatoms. The van der Waals surface area contributed by atoms with Gasteiger partial charge in [0.15, 0.2) is 0 Å². The van der Waals surface area contributed by atoms with Crippen LogP contribution in [-0.4, -0.2) is 12.8 Å². The molecule has 186 valence electrons. The van der Waals surface area contributed by atoms with Crippen LogP contribution in [0, 0.1) is 22.7 Å². The smallest absolute Gasteiger partial charge is 0.108 e. The predicted molar refractivity (Wildman–Crippen MR) is 158 cm³/mol. The maximum Gasteiger partial charge on any atom is 0.108 e. The van der Waals surface area contributed by atoms with Crippen LogP contribution in [0.15, 0.2) is 119 Å². The molecule has 3 aromatic rings. The highest BCUT2D eigenvalue weighted by atomic mass is 31.1. The van der Waals surface area contributed by atoms with Gasteiger partial charge < -0.3 is 4.74 Å². The van der Waals surface area contributed by atoms with Crippen molar-refractivity contribution in [2.24, 2.45) is 0 Å². The second-order valence-corrected chi connectivity index (χ2v) is 10.6. The van der Waals surface area contributed by atoms with Crippen LogP contribution >= 0.6 is 8.58 Å². The summed E-state index contributed by atoms with van der Waals surface area (Å²) in [5.41, 5.74) is 7.85. The van der Waals surface area contributed by atoms with E-state index in [1.54, 1.807) is 0 Å². The molecule has 2 unspecified atom stereocenters. The monoisotopic (exact) mass is 512 g/mol. The second-order valence-electron chi connectivity index (χ2n) is 9.47. The van der Waals surface area contributed by atoms with Gasteiger partial charge in [-0.3, -0.25) is 0 Å². The average molecular weight is 513 g/mol. The number of rotatable bonds is 7. The van der Waals surface area contributed by atoms with E-state index in [1.165, 1.54) is 5.57 Å². The molecule has 0 saturated heterocycles. The summed E-state index contributed by atoms with van der Waals surface area (Å²) in [5, 5.41) is 21.7. The average Bonchev–Trinajstić information content (AvgIpc) is 3.19. The minimum absolute atomic E-state index is 0.262. The molecule has 0 spiro atoms. The number of benzene rings is 3. The van der Waals surface area contributed by atoms with E-state index in [1.807, 2.05) is 42.5 Å². The number of nitriles is 2. The van der Waals surface area contributed by atoms with Gasteiger partial charge in [0, 0.05) is 17.6 Å². The molecule has 0 saturated carbocycles. The summed E-state index contributed by atoms with van der Waals surface area (Å²) in [6, 6.07) is 25.3. The van der Waals surface area contributed by atoms with Gasteiger partial charge in [0.25, 0.3) is 0 Å². The quantitative estimate of drug-likeness (QED) is 0.298. The Morgan fingerprint density at radius 2 is 1.84 bits per heavy atom. The molecule has 0 aromatic heterocycles. The molecule has 0 bridgehead atoms. The molecule has 2 atom stereocenters. The molecule has 1 heterocycles. The van der Waals surface area contributed by atoms with Crippen LogP contribution in [0.4, 0.5) is 0 Å². The Balaban J connectivity index is 1.55. The first-order valence-electron chi connectivity index (χ1n) is 12.9. The van der Waals surface area contributed by atoms with Gasteiger partial charge in [0.05, 0.1) is 24.3 Å². The normalized spacial score (nSPS) is 16.5. The van der Waals surface area contributed by atoms with Gasteiger partial charge in [-0.15, -0.1) is 0 Å². The maximum atomic E-state index is 9.98. The molecule has 1 aliphatic carbocycles. The van der Waals surface area contributed by atoms with Crippen LogP contribution in [0.2, 0.25) is 0 Å². The molecule has 3 aromatic carbocycles. The van der Waals surface area contributed by atoms with Crippen molar-refractivity contribution < 1.29 is 4.74 Å².